The maximum Gasteiger partial charge on any atom is 0.328 e. The molecule has 0 saturated carbocycles. The molecule has 0 spiro atoms. The van der Waals surface area contributed by atoms with Gasteiger partial charge in [-0.1, -0.05) is 12.1 Å². The van der Waals surface area contributed by atoms with Gasteiger partial charge >= 0.3 is 5.97 Å². The Morgan fingerprint density at radius 3 is 2.50 bits per heavy atom. The molecule has 1 heterocycles. The average molecular weight is 399 g/mol. The van der Waals surface area contributed by atoms with Crippen molar-refractivity contribution in [3.8, 4) is 0 Å². The highest BCUT2D eigenvalue weighted by Crippen LogP contribution is 2.18. The lowest BCUT2D eigenvalue weighted by Gasteiger charge is -2.03. The Morgan fingerprint density at radius 2 is 1.95 bits per heavy atom. The van der Waals surface area contributed by atoms with Crippen molar-refractivity contribution >= 4 is 57.6 Å². The van der Waals surface area contributed by atoms with E-state index in [1.165, 1.54) is 17.4 Å². The minimum Gasteiger partial charge on any atom is -0.478 e. The molecule has 0 fully saturated rings. The number of rotatable bonds is 4. The molecule has 0 saturated heterocycles. The van der Waals surface area contributed by atoms with Gasteiger partial charge in [0.25, 0.3) is 5.91 Å². The molecule has 0 bridgehead atoms. The topological polar surface area (TPSA) is 66.4 Å². The minimum absolute atomic E-state index is 0.155. The van der Waals surface area contributed by atoms with E-state index in [-0.39, 0.29) is 5.91 Å². The highest BCUT2D eigenvalue weighted by Gasteiger charge is 2.07. The number of benzene rings is 1. The molecule has 4 nitrogen and oxygen atoms in total. The van der Waals surface area contributed by atoms with Gasteiger partial charge in [-0.2, -0.15) is 0 Å². The zero-order valence-corrected chi connectivity index (χ0v) is 13.1. The van der Waals surface area contributed by atoms with Crippen LogP contribution in [0.4, 0.5) is 5.69 Å². The van der Waals surface area contributed by atoms with Gasteiger partial charge in [-0.15, -0.1) is 11.3 Å². The fourth-order valence-electron chi connectivity index (χ4n) is 1.48. The highest BCUT2D eigenvalue weighted by molar-refractivity contribution is 14.1. The lowest BCUT2D eigenvalue weighted by molar-refractivity contribution is -0.131. The van der Waals surface area contributed by atoms with E-state index >= 15 is 0 Å². The second-order valence-corrected chi connectivity index (χ2v) is 6.69. The number of carboxylic acid groups (broad SMARTS) is 1. The molecular formula is C14H10INO3S. The summed E-state index contributed by atoms with van der Waals surface area (Å²) in [4.78, 5) is 22.3. The van der Waals surface area contributed by atoms with Crippen LogP contribution in [0.1, 0.15) is 15.9 Å². The largest absolute Gasteiger partial charge is 0.478 e. The molecule has 2 aromatic rings. The number of carbonyl (C=O) groups is 2. The van der Waals surface area contributed by atoms with Crippen LogP contribution in [0.2, 0.25) is 0 Å². The highest BCUT2D eigenvalue weighted by atomic mass is 127. The van der Waals surface area contributed by atoms with Crippen LogP contribution in [0, 0.1) is 2.88 Å². The summed E-state index contributed by atoms with van der Waals surface area (Å²) in [5.41, 5.74) is 2.06. The molecule has 6 heteroatoms. The first kappa shape index (κ1) is 14.7. The average Bonchev–Trinajstić information content (AvgIpc) is 2.85. The molecule has 0 unspecified atom stereocenters. The van der Waals surface area contributed by atoms with Gasteiger partial charge in [0, 0.05) is 17.1 Å². The van der Waals surface area contributed by atoms with Gasteiger partial charge < -0.3 is 10.4 Å². The molecule has 2 N–H and O–H groups in total. The lowest BCUT2D eigenvalue weighted by Crippen LogP contribution is -2.10. The van der Waals surface area contributed by atoms with E-state index in [0.29, 0.717) is 11.3 Å². The van der Waals surface area contributed by atoms with Crippen LogP contribution in [0.15, 0.2) is 41.8 Å². The first-order valence-corrected chi connectivity index (χ1v) is 7.57. The van der Waals surface area contributed by atoms with Gasteiger partial charge in [-0.25, -0.2) is 4.79 Å². The quantitative estimate of drug-likeness (QED) is 0.609. The van der Waals surface area contributed by atoms with Crippen LogP contribution in [0.5, 0.6) is 0 Å². The van der Waals surface area contributed by atoms with Crippen molar-refractivity contribution < 1.29 is 14.7 Å². The van der Waals surface area contributed by atoms with Gasteiger partial charge in [0.15, 0.2) is 0 Å². The zero-order valence-electron chi connectivity index (χ0n) is 10.2. The summed E-state index contributed by atoms with van der Waals surface area (Å²) >= 11 is 3.68. The molecule has 0 aliphatic carbocycles. The Hall–Kier alpha value is -1.67. The monoisotopic (exact) mass is 399 g/mol. The molecule has 1 amide bonds. The van der Waals surface area contributed by atoms with Gasteiger partial charge in [0.1, 0.15) is 0 Å². The van der Waals surface area contributed by atoms with Crippen molar-refractivity contribution in [2.45, 2.75) is 0 Å². The number of hydrogen-bond donors (Lipinski definition) is 2. The van der Waals surface area contributed by atoms with Gasteiger partial charge in [0.05, 0.1) is 8.45 Å². The van der Waals surface area contributed by atoms with Gasteiger partial charge in [0.2, 0.25) is 0 Å². The van der Waals surface area contributed by atoms with E-state index in [9.17, 15) is 9.59 Å². The van der Waals surface area contributed by atoms with Crippen molar-refractivity contribution in [1.82, 2.24) is 0 Å². The van der Waals surface area contributed by atoms with Crippen molar-refractivity contribution in [3.05, 3.63) is 55.8 Å². The SMILES string of the molecule is O=C(O)C=Cc1ccc(NC(=O)c2csc(I)c2)cc1. The number of aliphatic carboxylic acids is 1. The second-order valence-electron chi connectivity index (χ2n) is 3.89. The summed E-state index contributed by atoms with van der Waals surface area (Å²) < 4.78 is 1.06. The van der Waals surface area contributed by atoms with Crippen molar-refractivity contribution in [3.63, 3.8) is 0 Å². The van der Waals surface area contributed by atoms with Crippen LogP contribution in [-0.4, -0.2) is 17.0 Å². The Balaban J connectivity index is 2.03. The third-order valence-electron chi connectivity index (χ3n) is 2.42. The third-order valence-corrected chi connectivity index (χ3v) is 4.21. The number of carboxylic acids is 1. The number of halogens is 1. The number of nitrogens with one attached hydrogen (secondary N) is 1. The Kier molecular flexibility index (Phi) is 4.91. The molecular weight excluding hydrogens is 389 g/mol. The predicted octanol–water partition coefficient (Wildman–Crippen LogP) is 3.70. The molecule has 20 heavy (non-hydrogen) atoms. The molecule has 0 aliphatic rings. The minimum atomic E-state index is -0.991. The van der Waals surface area contributed by atoms with E-state index in [0.717, 1.165) is 14.5 Å². The van der Waals surface area contributed by atoms with Crippen LogP contribution < -0.4 is 5.32 Å². The van der Waals surface area contributed by atoms with Crippen molar-refractivity contribution in [2.75, 3.05) is 5.32 Å². The van der Waals surface area contributed by atoms with E-state index in [4.69, 9.17) is 5.11 Å². The number of carbonyl (C=O) groups excluding carboxylic acids is 1. The number of thiophene rings is 1. The third kappa shape index (κ3) is 4.17. The summed E-state index contributed by atoms with van der Waals surface area (Å²) in [6.45, 7) is 0. The Morgan fingerprint density at radius 1 is 1.25 bits per heavy atom. The summed E-state index contributed by atoms with van der Waals surface area (Å²) in [5.74, 6) is -1.15. The number of hydrogen-bond acceptors (Lipinski definition) is 3. The second kappa shape index (κ2) is 6.67. The number of amides is 1. The molecule has 0 radical (unpaired) electrons. The van der Waals surface area contributed by atoms with Crippen LogP contribution in [-0.2, 0) is 4.79 Å². The Bertz CT molecular complexity index is 661. The standard InChI is InChI=1S/C14H10INO3S/c15-12-7-10(8-20-12)14(19)16-11-4-1-9(2-5-11)3-6-13(17)18/h1-8H,(H,16,19)(H,17,18). The number of anilines is 1. The summed E-state index contributed by atoms with van der Waals surface area (Å²) in [5, 5.41) is 13.1. The van der Waals surface area contributed by atoms with E-state index in [2.05, 4.69) is 27.9 Å². The van der Waals surface area contributed by atoms with E-state index < -0.39 is 5.97 Å². The van der Waals surface area contributed by atoms with E-state index in [1.807, 2.05) is 6.07 Å². The van der Waals surface area contributed by atoms with E-state index in [1.54, 1.807) is 29.6 Å². The first-order chi connectivity index (χ1) is 9.54. The zero-order chi connectivity index (χ0) is 14.5. The lowest BCUT2D eigenvalue weighted by atomic mass is 10.2. The molecule has 0 atom stereocenters. The van der Waals surface area contributed by atoms with Gasteiger partial charge in [-0.3, -0.25) is 4.79 Å². The van der Waals surface area contributed by atoms with Gasteiger partial charge in [-0.05, 0) is 52.4 Å². The maximum atomic E-state index is 11.9. The first-order valence-electron chi connectivity index (χ1n) is 5.61. The van der Waals surface area contributed by atoms with Crippen LogP contribution in [0.3, 0.4) is 0 Å². The Labute approximate surface area is 133 Å². The van der Waals surface area contributed by atoms with Crippen molar-refractivity contribution in [1.29, 1.82) is 0 Å². The molecule has 1 aromatic heterocycles. The van der Waals surface area contributed by atoms with Crippen molar-refractivity contribution in [2.24, 2.45) is 0 Å². The molecule has 2 rings (SSSR count). The molecule has 0 aliphatic heterocycles. The van der Waals surface area contributed by atoms with Crippen LogP contribution >= 0.6 is 33.9 Å². The fourth-order valence-corrected chi connectivity index (χ4v) is 2.80. The smallest absolute Gasteiger partial charge is 0.328 e. The normalized spacial score (nSPS) is 10.7. The fraction of sp³-hybridized carbons (Fsp3) is 0. The summed E-state index contributed by atoms with van der Waals surface area (Å²) in [7, 11) is 0. The van der Waals surface area contributed by atoms with Crippen LogP contribution in [0.25, 0.3) is 6.08 Å². The molecule has 1 aromatic carbocycles. The predicted molar refractivity (Wildman–Crippen MR) is 88.1 cm³/mol. The summed E-state index contributed by atoms with van der Waals surface area (Å²) in [6.07, 6.45) is 2.57. The maximum absolute atomic E-state index is 11.9. The molecule has 102 valence electrons. The summed E-state index contributed by atoms with van der Waals surface area (Å²) in [6, 6.07) is 8.77.